The fourth-order valence-electron chi connectivity index (χ4n) is 2.58. The maximum Gasteiger partial charge on any atom is 0.228 e. The average molecular weight is 328 g/mol. The molecule has 6 heteroatoms. The fourth-order valence-corrected chi connectivity index (χ4v) is 2.58. The zero-order chi connectivity index (χ0) is 17.3. The minimum absolute atomic E-state index is 0.0464. The standard InChI is InChI=1S/C18H14F2N2O2/c1-11(23)22-16-5-3-2-4-13(16)18(24)17(22)10-21-9-12-6-7-14(19)15(20)8-12/h2-8,10,24H,9H2,1H3. The molecule has 0 unspecified atom stereocenters. The SMILES string of the molecule is CC(=O)n1c(C=NCc2ccc(F)c(F)c2)c(O)c2ccccc21. The zero-order valence-corrected chi connectivity index (χ0v) is 12.8. The molecule has 122 valence electrons. The summed E-state index contributed by atoms with van der Waals surface area (Å²) in [5, 5.41) is 10.9. The molecule has 3 aromatic rings. The number of aromatic nitrogens is 1. The van der Waals surface area contributed by atoms with Crippen LogP contribution in [0.1, 0.15) is 23.0 Å². The summed E-state index contributed by atoms with van der Waals surface area (Å²) in [7, 11) is 0. The quantitative estimate of drug-likeness (QED) is 0.741. The van der Waals surface area contributed by atoms with Gasteiger partial charge in [0, 0.05) is 18.5 Å². The molecule has 0 radical (unpaired) electrons. The van der Waals surface area contributed by atoms with Crippen LogP contribution in [0.3, 0.4) is 0 Å². The molecule has 1 heterocycles. The molecule has 0 saturated carbocycles. The highest BCUT2D eigenvalue weighted by atomic mass is 19.2. The van der Waals surface area contributed by atoms with Gasteiger partial charge in [0.05, 0.1) is 12.1 Å². The second-order valence-corrected chi connectivity index (χ2v) is 5.32. The number of nitrogens with zero attached hydrogens (tertiary/aromatic N) is 2. The third-order valence-electron chi connectivity index (χ3n) is 3.67. The first-order valence-electron chi connectivity index (χ1n) is 7.26. The number of hydrogen-bond donors (Lipinski definition) is 1. The molecule has 0 spiro atoms. The van der Waals surface area contributed by atoms with Crippen molar-refractivity contribution in [2.24, 2.45) is 4.99 Å². The highest BCUT2D eigenvalue weighted by Crippen LogP contribution is 2.31. The number of benzene rings is 2. The van der Waals surface area contributed by atoms with Crippen LogP contribution in [0.4, 0.5) is 8.78 Å². The first-order chi connectivity index (χ1) is 11.5. The first-order valence-corrected chi connectivity index (χ1v) is 7.26. The number of aromatic hydroxyl groups is 1. The number of carbonyl (C=O) groups excluding carboxylic acids is 1. The number of fused-ring (bicyclic) bond motifs is 1. The lowest BCUT2D eigenvalue weighted by molar-refractivity contribution is 0.0940. The molecule has 0 aliphatic carbocycles. The number of hydrogen-bond acceptors (Lipinski definition) is 3. The smallest absolute Gasteiger partial charge is 0.228 e. The lowest BCUT2D eigenvalue weighted by Gasteiger charge is -2.02. The van der Waals surface area contributed by atoms with Gasteiger partial charge in [-0.2, -0.15) is 0 Å². The number of carbonyl (C=O) groups is 1. The van der Waals surface area contributed by atoms with Crippen LogP contribution in [0.25, 0.3) is 10.9 Å². The van der Waals surface area contributed by atoms with Crippen LogP contribution in [0, 0.1) is 11.6 Å². The number of para-hydroxylation sites is 1. The summed E-state index contributed by atoms with van der Waals surface area (Å²) in [5.41, 5.74) is 1.32. The fraction of sp³-hybridized carbons (Fsp3) is 0.111. The normalized spacial score (nSPS) is 11.5. The number of halogens is 2. The van der Waals surface area contributed by atoms with Gasteiger partial charge in [-0.25, -0.2) is 8.78 Å². The Morgan fingerprint density at radius 2 is 1.96 bits per heavy atom. The zero-order valence-electron chi connectivity index (χ0n) is 12.8. The van der Waals surface area contributed by atoms with E-state index in [1.807, 2.05) is 0 Å². The molecular formula is C18H14F2N2O2. The minimum atomic E-state index is -0.941. The van der Waals surface area contributed by atoms with Crippen molar-refractivity contribution in [2.75, 3.05) is 0 Å². The van der Waals surface area contributed by atoms with E-state index in [9.17, 15) is 18.7 Å². The summed E-state index contributed by atoms with van der Waals surface area (Å²) in [6.45, 7) is 1.48. The van der Waals surface area contributed by atoms with Gasteiger partial charge in [0.2, 0.25) is 5.91 Å². The monoisotopic (exact) mass is 328 g/mol. The van der Waals surface area contributed by atoms with E-state index in [2.05, 4.69) is 4.99 Å². The summed E-state index contributed by atoms with van der Waals surface area (Å²) in [6, 6.07) is 10.5. The van der Waals surface area contributed by atoms with Crippen molar-refractivity contribution < 1.29 is 18.7 Å². The molecule has 0 fully saturated rings. The van der Waals surface area contributed by atoms with E-state index in [-0.39, 0.29) is 23.9 Å². The van der Waals surface area contributed by atoms with Gasteiger partial charge in [0.25, 0.3) is 0 Å². The van der Waals surface area contributed by atoms with Crippen LogP contribution in [-0.2, 0) is 6.54 Å². The van der Waals surface area contributed by atoms with Crippen LogP contribution in [-0.4, -0.2) is 21.8 Å². The molecule has 0 amide bonds. The van der Waals surface area contributed by atoms with Crippen molar-refractivity contribution in [1.82, 2.24) is 4.57 Å². The van der Waals surface area contributed by atoms with Gasteiger partial charge in [-0.3, -0.25) is 14.4 Å². The van der Waals surface area contributed by atoms with Gasteiger partial charge in [0.1, 0.15) is 5.69 Å². The van der Waals surface area contributed by atoms with Crippen molar-refractivity contribution in [2.45, 2.75) is 13.5 Å². The van der Waals surface area contributed by atoms with Crippen LogP contribution < -0.4 is 0 Å². The van der Waals surface area contributed by atoms with Gasteiger partial charge in [-0.05, 0) is 29.8 Å². The molecule has 0 aliphatic heterocycles. The van der Waals surface area contributed by atoms with E-state index in [0.717, 1.165) is 12.1 Å². The van der Waals surface area contributed by atoms with Crippen LogP contribution in [0.5, 0.6) is 5.75 Å². The van der Waals surface area contributed by atoms with Crippen LogP contribution in [0.2, 0.25) is 0 Å². The Morgan fingerprint density at radius 1 is 1.21 bits per heavy atom. The predicted molar refractivity (Wildman–Crippen MR) is 87.6 cm³/mol. The van der Waals surface area contributed by atoms with Crippen molar-refractivity contribution >= 4 is 23.0 Å². The number of rotatable bonds is 3. The van der Waals surface area contributed by atoms with Crippen LogP contribution in [0.15, 0.2) is 47.5 Å². The molecule has 4 nitrogen and oxygen atoms in total. The molecule has 0 aliphatic rings. The molecule has 24 heavy (non-hydrogen) atoms. The number of aliphatic imine (C=N–C) groups is 1. The summed E-state index contributed by atoms with van der Waals surface area (Å²) < 4.78 is 27.5. The molecule has 0 bridgehead atoms. The molecule has 3 rings (SSSR count). The maximum atomic E-state index is 13.2. The Balaban J connectivity index is 1.97. The molecule has 0 atom stereocenters. The summed E-state index contributed by atoms with van der Waals surface area (Å²) >= 11 is 0. The molecule has 0 saturated heterocycles. The Morgan fingerprint density at radius 3 is 2.67 bits per heavy atom. The molecule has 1 N–H and O–H groups in total. The predicted octanol–water partition coefficient (Wildman–Crippen LogP) is 3.90. The van der Waals surface area contributed by atoms with E-state index in [1.165, 1.54) is 23.8 Å². The molecular weight excluding hydrogens is 314 g/mol. The van der Waals surface area contributed by atoms with Gasteiger partial charge < -0.3 is 5.11 Å². The van der Waals surface area contributed by atoms with Gasteiger partial charge in [0.15, 0.2) is 17.4 Å². The van der Waals surface area contributed by atoms with E-state index in [1.54, 1.807) is 24.3 Å². The molecule has 2 aromatic carbocycles. The topological polar surface area (TPSA) is 54.6 Å². The van der Waals surface area contributed by atoms with Crippen molar-refractivity contribution in [1.29, 1.82) is 0 Å². The third kappa shape index (κ3) is 2.78. The van der Waals surface area contributed by atoms with Gasteiger partial charge in [-0.15, -0.1) is 0 Å². The second-order valence-electron chi connectivity index (χ2n) is 5.32. The van der Waals surface area contributed by atoms with Crippen molar-refractivity contribution in [3.8, 4) is 5.75 Å². The summed E-state index contributed by atoms with van der Waals surface area (Å²) in [6.07, 6.45) is 1.36. The minimum Gasteiger partial charge on any atom is -0.505 e. The van der Waals surface area contributed by atoms with Gasteiger partial charge in [-0.1, -0.05) is 18.2 Å². The largest absolute Gasteiger partial charge is 0.505 e. The summed E-state index contributed by atoms with van der Waals surface area (Å²) in [5.74, 6) is -2.17. The average Bonchev–Trinajstić information content (AvgIpc) is 2.84. The maximum absolute atomic E-state index is 13.2. The lowest BCUT2D eigenvalue weighted by atomic mass is 10.2. The van der Waals surface area contributed by atoms with E-state index in [0.29, 0.717) is 16.5 Å². The molecule has 1 aromatic heterocycles. The highest BCUT2D eigenvalue weighted by Gasteiger charge is 2.17. The lowest BCUT2D eigenvalue weighted by Crippen LogP contribution is -2.09. The highest BCUT2D eigenvalue weighted by molar-refractivity contribution is 6.04. The van der Waals surface area contributed by atoms with E-state index in [4.69, 9.17) is 0 Å². The summed E-state index contributed by atoms with van der Waals surface area (Å²) in [4.78, 5) is 16.0. The van der Waals surface area contributed by atoms with E-state index < -0.39 is 11.6 Å². The Bertz CT molecular complexity index is 961. The van der Waals surface area contributed by atoms with Crippen molar-refractivity contribution in [3.63, 3.8) is 0 Å². The Hall–Kier alpha value is -3.02. The second kappa shape index (κ2) is 6.23. The Labute approximate surface area is 136 Å². The first kappa shape index (κ1) is 15.9. The Kier molecular flexibility index (Phi) is 4.12. The van der Waals surface area contributed by atoms with Crippen molar-refractivity contribution in [3.05, 3.63) is 65.4 Å². The third-order valence-corrected chi connectivity index (χ3v) is 3.67. The van der Waals surface area contributed by atoms with E-state index >= 15 is 0 Å². The van der Waals surface area contributed by atoms with Gasteiger partial charge >= 0.3 is 0 Å². The van der Waals surface area contributed by atoms with Crippen LogP contribution >= 0.6 is 0 Å².